The molecule has 2 unspecified atom stereocenters. The van der Waals surface area contributed by atoms with Crippen LogP contribution in [0.5, 0.6) is 0 Å². The molecule has 1 saturated heterocycles. The van der Waals surface area contributed by atoms with Crippen molar-refractivity contribution in [2.24, 2.45) is 22.5 Å². The Hall–Kier alpha value is -4.15. The second-order valence-corrected chi connectivity index (χ2v) is 22.6. The van der Waals surface area contributed by atoms with Crippen molar-refractivity contribution < 1.29 is 86.8 Å². The number of halogens is 6. The molecular weight excluding hydrogens is 1060 g/mol. The number of hydrogen-bond acceptors (Lipinski definition) is 18. The highest BCUT2D eigenvalue weighted by molar-refractivity contribution is 6.68. The lowest BCUT2D eigenvalue weighted by atomic mass is 9.44. The van der Waals surface area contributed by atoms with Crippen molar-refractivity contribution >= 4 is 112 Å². The van der Waals surface area contributed by atoms with E-state index in [2.05, 4.69) is 0 Å². The summed E-state index contributed by atoms with van der Waals surface area (Å²) in [7, 11) is 0. The minimum atomic E-state index is -2.58. The van der Waals surface area contributed by atoms with E-state index >= 15 is 4.79 Å². The molecule has 11 atom stereocenters. The van der Waals surface area contributed by atoms with Gasteiger partial charge in [0.1, 0.15) is 43.2 Å². The highest BCUT2D eigenvalue weighted by Gasteiger charge is 2.79. The number of fused-ring (bicyclic) bond motifs is 5. The minimum absolute atomic E-state index is 0.0149. The third kappa shape index (κ3) is 11.7. The topological polar surface area (TPSA) is 280 Å². The molecule has 6 rings (SSSR count). The Kier molecular flexibility index (Phi) is 17.8. The van der Waals surface area contributed by atoms with Gasteiger partial charge in [0.05, 0.1) is 29.5 Å². The molecule has 3 aliphatic carbocycles. The average Bonchev–Trinajstić information content (AvgIpc) is 3.28. The fourth-order valence-electron chi connectivity index (χ4n) is 9.78. The zero-order chi connectivity index (χ0) is 52.4. The van der Waals surface area contributed by atoms with Gasteiger partial charge in [-0.3, -0.25) is 14.4 Å². The van der Waals surface area contributed by atoms with E-state index < -0.39 is 147 Å². The normalized spacial score (nSPS) is 29.7. The number of benzene rings is 2. The van der Waals surface area contributed by atoms with Gasteiger partial charge in [-0.1, -0.05) is 132 Å². The van der Waals surface area contributed by atoms with E-state index in [0.717, 1.165) is 6.92 Å². The van der Waals surface area contributed by atoms with Crippen molar-refractivity contribution in [3.05, 3.63) is 82.9 Å². The van der Waals surface area contributed by atoms with E-state index in [9.17, 15) is 34.2 Å². The highest BCUT2D eigenvalue weighted by Crippen LogP contribution is 2.65. The van der Waals surface area contributed by atoms with Gasteiger partial charge in [-0.2, -0.15) is 0 Å². The van der Waals surface area contributed by atoms with Crippen LogP contribution in [0.2, 0.25) is 0 Å². The van der Waals surface area contributed by atoms with Crippen LogP contribution in [0.15, 0.2) is 71.8 Å². The van der Waals surface area contributed by atoms with Gasteiger partial charge in [-0.15, -0.1) is 0 Å². The van der Waals surface area contributed by atoms with Gasteiger partial charge in [0.2, 0.25) is 7.59 Å². The molecule has 2 bridgehead atoms. The number of aliphatic hydroxyl groups excluding tert-OH is 1. The number of esters is 3. The van der Waals surface area contributed by atoms with Crippen LogP contribution < -0.4 is 5.73 Å². The van der Waals surface area contributed by atoms with Crippen LogP contribution in [-0.2, 0) is 57.1 Å². The predicted molar refractivity (Wildman–Crippen MR) is 248 cm³/mol. The maximum absolute atomic E-state index is 16.1. The summed E-state index contributed by atoms with van der Waals surface area (Å²) in [6.07, 6.45) is -14.9. The van der Waals surface area contributed by atoms with Crippen LogP contribution >= 0.6 is 69.6 Å². The lowest BCUT2D eigenvalue weighted by molar-refractivity contribution is -0.346. The predicted octanol–water partition coefficient (Wildman–Crippen LogP) is 6.46. The fourth-order valence-corrected chi connectivity index (χ4v) is 10.1. The van der Waals surface area contributed by atoms with Crippen molar-refractivity contribution in [1.82, 2.24) is 0 Å². The summed E-state index contributed by atoms with van der Waals surface area (Å²) in [6.45, 7) is 4.24. The van der Waals surface area contributed by atoms with Gasteiger partial charge in [-0.25, -0.2) is 19.2 Å². The molecule has 0 aromatic heterocycles. The molecular formula is C45H49Cl6NO18. The van der Waals surface area contributed by atoms with Crippen molar-refractivity contribution in [3.63, 3.8) is 0 Å². The van der Waals surface area contributed by atoms with E-state index in [0.29, 0.717) is 5.56 Å². The lowest BCUT2D eigenvalue weighted by Gasteiger charge is -2.67. The van der Waals surface area contributed by atoms with E-state index in [4.69, 9.17) is 123 Å². The van der Waals surface area contributed by atoms with Gasteiger partial charge in [-0.05, 0) is 42.7 Å². The van der Waals surface area contributed by atoms with Gasteiger partial charge in [0.25, 0.3) is 6.47 Å². The number of ether oxygens (including phenoxy) is 8. The van der Waals surface area contributed by atoms with E-state index in [-0.39, 0.29) is 23.2 Å². The number of aliphatic hydroxyl groups is 2. The zero-order valence-electron chi connectivity index (χ0n) is 37.8. The quantitative estimate of drug-likeness (QED) is 0.0618. The number of rotatable bonds is 11. The van der Waals surface area contributed by atoms with Crippen LogP contribution in [-0.4, -0.2) is 133 Å². The first-order valence-corrected chi connectivity index (χ1v) is 23.4. The Morgan fingerprint density at radius 1 is 0.871 bits per heavy atom. The molecule has 0 spiro atoms. The summed E-state index contributed by atoms with van der Waals surface area (Å²) >= 11 is 35.2. The molecule has 1 aliphatic heterocycles. The molecule has 70 heavy (non-hydrogen) atoms. The maximum Gasteiger partial charge on any atom is 0.509 e. The number of hydrogen-bond donors (Lipinski definition) is 4. The Bertz CT molecular complexity index is 2330. The average molecular weight is 1100 g/mol. The first kappa shape index (κ1) is 56.8. The molecule has 2 aromatic carbocycles. The molecule has 2 aromatic rings. The minimum Gasteiger partial charge on any atom is -0.483 e. The molecule has 384 valence electrons. The molecule has 1 heterocycles. The number of Topliss-reactive ketones (excluding diaryl/α,β-unsaturated/α-hetero) is 1. The zero-order valence-corrected chi connectivity index (χ0v) is 42.4. The van der Waals surface area contributed by atoms with Crippen LogP contribution in [0.4, 0.5) is 9.59 Å². The van der Waals surface area contributed by atoms with Crippen molar-refractivity contribution in [2.75, 3.05) is 19.8 Å². The fraction of sp³-hybridized carbons (Fsp3) is 0.533. The Labute approximate surface area is 430 Å². The van der Waals surface area contributed by atoms with E-state index in [1.807, 2.05) is 0 Å². The molecule has 3 fully saturated rings. The monoisotopic (exact) mass is 1100 g/mol. The Balaban J connectivity index is 0.00000296. The van der Waals surface area contributed by atoms with Crippen LogP contribution in [0, 0.1) is 16.7 Å². The van der Waals surface area contributed by atoms with Crippen LogP contribution in [0.25, 0.3) is 0 Å². The van der Waals surface area contributed by atoms with Crippen LogP contribution in [0.3, 0.4) is 0 Å². The summed E-state index contributed by atoms with van der Waals surface area (Å²) in [4.78, 5) is 93.4. The highest BCUT2D eigenvalue weighted by atomic mass is 35.6. The number of carboxylic acid groups (broad SMARTS) is 1. The van der Waals surface area contributed by atoms with Gasteiger partial charge in [0, 0.05) is 25.2 Å². The summed E-state index contributed by atoms with van der Waals surface area (Å²) in [5, 5.41) is 32.0. The summed E-state index contributed by atoms with van der Waals surface area (Å²) in [6, 6.07) is 14.4. The molecule has 4 aliphatic rings. The molecule has 0 amide bonds. The van der Waals surface area contributed by atoms with Crippen LogP contribution in [0.1, 0.15) is 69.4 Å². The summed E-state index contributed by atoms with van der Waals surface area (Å²) in [5.41, 5.74) is -2.37. The number of carbonyl (C=O) groups is 7. The maximum atomic E-state index is 16.1. The molecule has 2 saturated carbocycles. The molecule has 0 radical (unpaired) electrons. The van der Waals surface area contributed by atoms with Gasteiger partial charge >= 0.3 is 30.2 Å². The van der Waals surface area contributed by atoms with Gasteiger partial charge in [0.15, 0.2) is 23.6 Å². The Morgan fingerprint density at radius 3 is 1.90 bits per heavy atom. The third-order valence-corrected chi connectivity index (χ3v) is 13.7. The number of nitrogens with two attached hydrogens (primary N) is 1. The second kappa shape index (κ2) is 21.9. The summed E-state index contributed by atoms with van der Waals surface area (Å²) in [5.74, 6) is -6.12. The van der Waals surface area contributed by atoms with Gasteiger partial charge < -0.3 is 58.9 Å². The first-order valence-electron chi connectivity index (χ1n) is 21.1. The SMILES string of the molecule is CC(=O)O[C@@]12CO[C@@H]1C[C@H](OC(=O)OCC(Cl)(Cl)Cl)[C@@]1(C)C(=O)[C@H](OC(=O)OCC(Cl)(Cl)Cl)C3=C(C)[C@@H](OC(=O)C(O)C(N)c4ccccc4)C[C@@](O)([C@@H](OC(=O)c4ccccc4)[C@H]21)C3(C)C.O=CO. The molecule has 25 heteroatoms. The lowest BCUT2D eigenvalue weighted by Crippen LogP contribution is -2.82. The molecule has 19 nitrogen and oxygen atoms in total. The van der Waals surface area contributed by atoms with E-state index in [1.165, 1.54) is 39.8 Å². The largest absolute Gasteiger partial charge is 0.509 e. The van der Waals surface area contributed by atoms with E-state index in [1.54, 1.807) is 48.5 Å². The third-order valence-electron chi connectivity index (χ3n) is 13.1. The molecule has 5 N–H and O–H groups in total. The smallest absolute Gasteiger partial charge is 0.483 e. The number of ketones is 1. The first-order chi connectivity index (χ1) is 32.5. The number of alkyl halides is 6. The number of carbonyl (C=O) groups excluding carboxylic acids is 6. The van der Waals surface area contributed by atoms with Crippen molar-refractivity contribution in [2.45, 2.75) is 109 Å². The second-order valence-electron chi connectivity index (χ2n) is 17.6. The standard InChI is InChI=1S/C44H47Cl6NO16.CH2O2/c1-21-25(63-36(56)30(53)29(51)23-12-8-6-9-13-23)17-42(59)34(66-35(55)24-14-10-7-11-15-24)32-40(5,33(54)31(28(21)39(42,3)4)65-38(58)62-20-44(48,49)50)26(64-37(57)61-19-43(45,46)47)16-27-41(32,18-60-27)67-22(2)52;2-1-3/h6-15,25-27,29-32,34,53,59H,16-20,51H2,1-5H3;1H,(H,2,3)/t25-,26-,27+,29?,30?,31+,32-,34-,40+,41-,42+;/m0./s1. The van der Waals surface area contributed by atoms with Crippen molar-refractivity contribution in [1.29, 1.82) is 0 Å². The Morgan fingerprint density at radius 2 is 1.40 bits per heavy atom. The summed E-state index contributed by atoms with van der Waals surface area (Å²) < 4.78 is 42.1. The van der Waals surface area contributed by atoms with Crippen molar-refractivity contribution in [3.8, 4) is 0 Å².